The maximum atomic E-state index is 14.2. The summed E-state index contributed by atoms with van der Waals surface area (Å²) in [6.07, 6.45) is 2.31. The summed E-state index contributed by atoms with van der Waals surface area (Å²) in [7, 11) is 0. The molecule has 1 saturated heterocycles. The molecule has 0 saturated carbocycles. The molecule has 1 fully saturated rings. The second-order valence-electron chi connectivity index (χ2n) is 7.08. The van der Waals surface area contributed by atoms with Gasteiger partial charge < -0.3 is 9.47 Å². The SMILES string of the molecule is O=C1CCCN1CCCn1c(-c2cc(Cl)ccc2Cl)csc1=Nc1ccccc1F. The molecule has 1 aliphatic rings. The van der Waals surface area contributed by atoms with E-state index in [1.165, 1.54) is 17.4 Å². The van der Waals surface area contributed by atoms with Crippen LogP contribution in [0.3, 0.4) is 0 Å². The van der Waals surface area contributed by atoms with Crippen LogP contribution in [0, 0.1) is 5.82 Å². The molecule has 2 heterocycles. The van der Waals surface area contributed by atoms with Crippen molar-refractivity contribution in [3.63, 3.8) is 0 Å². The Bertz CT molecular complexity index is 1140. The molecule has 3 aromatic rings. The van der Waals surface area contributed by atoms with Gasteiger partial charge in [-0.25, -0.2) is 9.38 Å². The van der Waals surface area contributed by atoms with Crippen LogP contribution in [0.4, 0.5) is 10.1 Å². The number of para-hydroxylation sites is 1. The molecule has 0 aliphatic carbocycles. The van der Waals surface area contributed by atoms with Crippen molar-refractivity contribution in [3.8, 4) is 11.3 Å². The molecule has 30 heavy (non-hydrogen) atoms. The molecule has 156 valence electrons. The molecule has 0 spiro atoms. The number of likely N-dealkylation sites (tertiary alicyclic amines) is 1. The topological polar surface area (TPSA) is 37.6 Å². The smallest absolute Gasteiger partial charge is 0.222 e. The van der Waals surface area contributed by atoms with Crippen molar-refractivity contribution in [3.05, 3.63) is 68.5 Å². The van der Waals surface area contributed by atoms with Crippen molar-refractivity contribution >= 4 is 46.1 Å². The molecular weight excluding hydrogens is 444 g/mol. The van der Waals surface area contributed by atoms with E-state index >= 15 is 0 Å². The standard InChI is InChI=1S/C22H20Cl2FN3OS/c23-15-8-9-17(24)16(13-15)20-14-30-22(26-19-6-2-1-5-18(19)25)28(20)12-4-11-27-10-3-7-21(27)29/h1-2,5-6,8-9,13-14H,3-4,7,10-12H2. The molecule has 1 aliphatic heterocycles. The fourth-order valence-electron chi connectivity index (χ4n) is 3.55. The zero-order chi connectivity index (χ0) is 21.1. The highest BCUT2D eigenvalue weighted by atomic mass is 35.5. The number of amides is 1. The Morgan fingerprint density at radius 1 is 1.13 bits per heavy atom. The van der Waals surface area contributed by atoms with Gasteiger partial charge in [-0.05, 0) is 43.2 Å². The molecule has 4 rings (SSSR count). The third-order valence-corrected chi connectivity index (χ3v) is 6.48. The summed E-state index contributed by atoms with van der Waals surface area (Å²) in [4.78, 5) is 19.0. The van der Waals surface area contributed by atoms with Crippen molar-refractivity contribution in [1.82, 2.24) is 9.47 Å². The van der Waals surface area contributed by atoms with Crippen LogP contribution >= 0.6 is 34.5 Å². The number of aromatic nitrogens is 1. The van der Waals surface area contributed by atoms with Gasteiger partial charge in [0, 0.05) is 42.0 Å². The number of carbonyl (C=O) groups excluding carboxylic acids is 1. The lowest BCUT2D eigenvalue weighted by molar-refractivity contribution is -0.127. The van der Waals surface area contributed by atoms with Gasteiger partial charge in [0.25, 0.3) is 0 Å². The largest absolute Gasteiger partial charge is 0.343 e. The number of benzene rings is 2. The Labute approximate surface area is 188 Å². The Balaban J connectivity index is 1.71. The Hall–Kier alpha value is -2.15. The number of hydrogen-bond acceptors (Lipinski definition) is 3. The second-order valence-corrected chi connectivity index (χ2v) is 8.76. The van der Waals surface area contributed by atoms with Crippen LogP contribution < -0.4 is 4.80 Å². The number of halogens is 3. The number of rotatable bonds is 6. The zero-order valence-corrected chi connectivity index (χ0v) is 18.5. The third kappa shape index (κ3) is 4.61. The fourth-order valence-corrected chi connectivity index (χ4v) is 4.88. The molecule has 4 nitrogen and oxygen atoms in total. The van der Waals surface area contributed by atoms with Gasteiger partial charge in [-0.15, -0.1) is 11.3 Å². The van der Waals surface area contributed by atoms with E-state index in [-0.39, 0.29) is 17.4 Å². The van der Waals surface area contributed by atoms with E-state index in [4.69, 9.17) is 23.2 Å². The quantitative estimate of drug-likeness (QED) is 0.447. The van der Waals surface area contributed by atoms with Gasteiger partial charge in [0.05, 0.1) is 10.7 Å². The fraction of sp³-hybridized carbons (Fsp3) is 0.273. The van der Waals surface area contributed by atoms with E-state index < -0.39 is 0 Å². The molecular formula is C22H20Cl2FN3OS. The predicted octanol–water partition coefficient (Wildman–Crippen LogP) is 5.91. The van der Waals surface area contributed by atoms with Crippen LogP contribution in [0.5, 0.6) is 0 Å². The normalized spacial score (nSPS) is 14.7. The Morgan fingerprint density at radius 2 is 1.97 bits per heavy atom. The van der Waals surface area contributed by atoms with E-state index in [1.807, 2.05) is 20.9 Å². The average Bonchev–Trinajstić information content (AvgIpc) is 3.32. The van der Waals surface area contributed by atoms with Crippen LogP contribution in [0.25, 0.3) is 11.3 Å². The van der Waals surface area contributed by atoms with E-state index in [2.05, 4.69) is 4.99 Å². The summed E-state index contributed by atoms with van der Waals surface area (Å²) in [6, 6.07) is 11.8. The lowest BCUT2D eigenvalue weighted by Gasteiger charge is -2.16. The summed E-state index contributed by atoms with van der Waals surface area (Å²) in [5, 5.41) is 3.12. The number of hydrogen-bond donors (Lipinski definition) is 0. The highest BCUT2D eigenvalue weighted by Gasteiger charge is 2.20. The van der Waals surface area contributed by atoms with Crippen LogP contribution in [0.15, 0.2) is 52.8 Å². The van der Waals surface area contributed by atoms with Gasteiger partial charge >= 0.3 is 0 Å². The van der Waals surface area contributed by atoms with Gasteiger partial charge in [0.2, 0.25) is 5.91 Å². The molecule has 1 aromatic heterocycles. The van der Waals surface area contributed by atoms with Crippen LogP contribution in [0.1, 0.15) is 19.3 Å². The molecule has 0 unspecified atom stereocenters. The molecule has 0 bridgehead atoms. The zero-order valence-electron chi connectivity index (χ0n) is 16.2. The second kappa shape index (κ2) is 9.33. The van der Waals surface area contributed by atoms with Crippen LogP contribution in [-0.2, 0) is 11.3 Å². The van der Waals surface area contributed by atoms with Gasteiger partial charge in [-0.3, -0.25) is 4.79 Å². The minimum absolute atomic E-state index is 0.208. The minimum Gasteiger partial charge on any atom is -0.343 e. The first-order valence-corrected chi connectivity index (χ1v) is 11.4. The average molecular weight is 464 g/mol. The van der Waals surface area contributed by atoms with Crippen LogP contribution in [-0.4, -0.2) is 28.5 Å². The summed E-state index contributed by atoms with van der Waals surface area (Å²) in [5.74, 6) is -0.165. The molecule has 1 amide bonds. The van der Waals surface area contributed by atoms with Crippen molar-refractivity contribution in [2.45, 2.75) is 25.8 Å². The molecule has 0 atom stereocenters. The van der Waals surface area contributed by atoms with Crippen LogP contribution in [0.2, 0.25) is 10.0 Å². The molecule has 0 N–H and O–H groups in total. The van der Waals surface area contributed by atoms with E-state index in [1.54, 1.807) is 30.3 Å². The van der Waals surface area contributed by atoms with Crippen molar-refractivity contribution in [1.29, 1.82) is 0 Å². The number of thiazole rings is 1. The Kier molecular flexibility index (Phi) is 6.56. The van der Waals surface area contributed by atoms with E-state index in [0.29, 0.717) is 34.4 Å². The summed E-state index contributed by atoms with van der Waals surface area (Å²) in [5.41, 5.74) is 1.95. The summed E-state index contributed by atoms with van der Waals surface area (Å²) in [6.45, 7) is 2.12. The maximum Gasteiger partial charge on any atom is 0.222 e. The highest BCUT2D eigenvalue weighted by molar-refractivity contribution is 7.07. The first-order chi connectivity index (χ1) is 14.5. The first-order valence-electron chi connectivity index (χ1n) is 9.74. The Morgan fingerprint density at radius 3 is 2.73 bits per heavy atom. The van der Waals surface area contributed by atoms with Gasteiger partial charge in [0.1, 0.15) is 11.5 Å². The molecule has 2 aromatic carbocycles. The van der Waals surface area contributed by atoms with Crippen molar-refractivity contribution < 1.29 is 9.18 Å². The third-order valence-electron chi connectivity index (χ3n) is 5.05. The number of carbonyl (C=O) groups is 1. The van der Waals surface area contributed by atoms with Crippen molar-refractivity contribution in [2.24, 2.45) is 4.99 Å². The molecule has 8 heteroatoms. The number of nitrogens with zero attached hydrogens (tertiary/aromatic N) is 3. The molecule has 0 radical (unpaired) electrons. The minimum atomic E-state index is -0.373. The van der Waals surface area contributed by atoms with Crippen molar-refractivity contribution in [2.75, 3.05) is 13.1 Å². The van der Waals surface area contributed by atoms with Gasteiger partial charge in [-0.1, -0.05) is 35.3 Å². The summed E-state index contributed by atoms with van der Waals surface area (Å²) < 4.78 is 16.2. The van der Waals surface area contributed by atoms with E-state index in [9.17, 15) is 9.18 Å². The lowest BCUT2D eigenvalue weighted by atomic mass is 10.1. The van der Waals surface area contributed by atoms with Gasteiger partial charge in [-0.2, -0.15) is 0 Å². The van der Waals surface area contributed by atoms with Gasteiger partial charge in [0.15, 0.2) is 4.80 Å². The summed E-state index contributed by atoms with van der Waals surface area (Å²) >= 11 is 14.1. The first kappa shape index (κ1) is 21.1. The van der Waals surface area contributed by atoms with E-state index in [0.717, 1.165) is 30.6 Å². The maximum absolute atomic E-state index is 14.2. The predicted molar refractivity (Wildman–Crippen MR) is 120 cm³/mol. The monoisotopic (exact) mass is 463 g/mol. The highest BCUT2D eigenvalue weighted by Crippen LogP contribution is 2.31. The lowest BCUT2D eigenvalue weighted by Crippen LogP contribution is -2.27.